The van der Waals surface area contributed by atoms with Crippen LogP contribution in [-0.2, 0) is 19.3 Å². The van der Waals surface area contributed by atoms with Gasteiger partial charge in [0.15, 0.2) is 0 Å². The highest BCUT2D eigenvalue weighted by Gasteiger charge is 2.06. The van der Waals surface area contributed by atoms with Crippen LogP contribution in [-0.4, -0.2) is 9.97 Å². The average Bonchev–Trinajstić information content (AvgIpc) is 2.76. The molecule has 0 aliphatic heterocycles. The zero-order valence-corrected chi connectivity index (χ0v) is 20.5. The Kier molecular flexibility index (Phi) is 18.1. The Hall–Kier alpha value is -0.920. The molecule has 0 bridgehead atoms. The number of hydrogen-bond donors (Lipinski definition) is 0. The van der Waals surface area contributed by atoms with E-state index >= 15 is 0 Å². The van der Waals surface area contributed by atoms with Crippen LogP contribution in [0.4, 0.5) is 0 Å². The second kappa shape index (κ2) is 20.0. The molecule has 1 aromatic rings. The number of aromatic nitrogens is 2. The third-order valence-corrected chi connectivity index (χ3v) is 6.10. The second-order valence-corrected chi connectivity index (χ2v) is 9.17. The SMILES string of the molecule is [CH2]CCCc1nc(CCCCCCCCCC)cc(CCCCCCCCCC)n1. The van der Waals surface area contributed by atoms with Crippen molar-refractivity contribution in [1.82, 2.24) is 9.97 Å². The van der Waals surface area contributed by atoms with Crippen molar-refractivity contribution in [2.24, 2.45) is 0 Å². The molecule has 0 aliphatic carbocycles. The fraction of sp³-hybridized carbons (Fsp3) is 0.821. The van der Waals surface area contributed by atoms with Crippen molar-refractivity contribution < 1.29 is 0 Å². The van der Waals surface area contributed by atoms with Crippen molar-refractivity contribution in [3.63, 3.8) is 0 Å². The van der Waals surface area contributed by atoms with Gasteiger partial charge in [0.05, 0.1) is 0 Å². The minimum absolute atomic E-state index is 0.971. The lowest BCUT2D eigenvalue weighted by molar-refractivity contribution is 0.570. The van der Waals surface area contributed by atoms with Crippen molar-refractivity contribution in [3.05, 3.63) is 30.2 Å². The summed E-state index contributed by atoms with van der Waals surface area (Å²) in [6, 6.07) is 2.30. The molecule has 0 fully saturated rings. The van der Waals surface area contributed by atoms with Crippen molar-refractivity contribution in [1.29, 1.82) is 0 Å². The molecular formula is C28H51N2. The molecule has 0 N–H and O–H groups in total. The first-order valence-corrected chi connectivity index (χ1v) is 13.4. The molecule has 0 spiro atoms. The molecule has 2 nitrogen and oxygen atoms in total. The van der Waals surface area contributed by atoms with Crippen LogP contribution in [0.2, 0.25) is 0 Å². The normalized spacial score (nSPS) is 11.3. The first-order valence-electron chi connectivity index (χ1n) is 13.4. The van der Waals surface area contributed by atoms with Gasteiger partial charge >= 0.3 is 0 Å². The first kappa shape index (κ1) is 27.1. The summed E-state index contributed by atoms with van der Waals surface area (Å²) in [6.07, 6.45) is 27.3. The topological polar surface area (TPSA) is 25.8 Å². The molecule has 173 valence electrons. The highest BCUT2D eigenvalue weighted by Crippen LogP contribution is 2.15. The maximum absolute atomic E-state index is 4.88. The summed E-state index contributed by atoms with van der Waals surface area (Å²) in [7, 11) is 0. The van der Waals surface area contributed by atoms with Gasteiger partial charge in [0.1, 0.15) is 5.82 Å². The highest BCUT2D eigenvalue weighted by molar-refractivity contribution is 5.12. The molecule has 0 unspecified atom stereocenters. The molecule has 30 heavy (non-hydrogen) atoms. The van der Waals surface area contributed by atoms with E-state index < -0.39 is 0 Å². The van der Waals surface area contributed by atoms with Crippen molar-refractivity contribution in [2.45, 2.75) is 149 Å². The van der Waals surface area contributed by atoms with Crippen molar-refractivity contribution >= 4 is 0 Å². The Morgan fingerprint density at radius 2 is 0.933 bits per heavy atom. The first-order chi connectivity index (χ1) is 14.8. The summed E-state index contributed by atoms with van der Waals surface area (Å²) in [6.45, 7) is 8.56. The zero-order chi connectivity index (χ0) is 21.7. The van der Waals surface area contributed by atoms with Gasteiger partial charge in [-0.05, 0) is 38.2 Å². The number of hydrogen-bond acceptors (Lipinski definition) is 2. The lowest BCUT2D eigenvalue weighted by Crippen LogP contribution is -2.04. The monoisotopic (exact) mass is 415 g/mol. The van der Waals surface area contributed by atoms with E-state index in [4.69, 9.17) is 9.97 Å². The van der Waals surface area contributed by atoms with Crippen LogP contribution in [0.25, 0.3) is 0 Å². The van der Waals surface area contributed by atoms with Gasteiger partial charge < -0.3 is 0 Å². The Labute approximate surface area is 189 Å². The number of aryl methyl sites for hydroxylation is 3. The summed E-state index contributed by atoms with van der Waals surface area (Å²) < 4.78 is 0. The molecule has 1 aromatic heterocycles. The van der Waals surface area contributed by atoms with Gasteiger partial charge in [-0.25, -0.2) is 9.97 Å². The van der Waals surface area contributed by atoms with E-state index in [1.54, 1.807) is 0 Å². The number of nitrogens with zero attached hydrogens (tertiary/aromatic N) is 2. The standard InChI is InChI=1S/C28H51N2/c1-4-7-10-12-14-16-18-20-22-26-25-27(30-28(29-26)24-9-6-3)23-21-19-17-15-13-11-8-5-2/h25H,3-24H2,1-2H3. The van der Waals surface area contributed by atoms with E-state index in [9.17, 15) is 0 Å². The Bertz CT molecular complexity index is 459. The maximum Gasteiger partial charge on any atom is 0.128 e. The fourth-order valence-electron chi connectivity index (χ4n) is 4.14. The third kappa shape index (κ3) is 15.0. The van der Waals surface area contributed by atoms with E-state index in [0.29, 0.717) is 0 Å². The van der Waals surface area contributed by atoms with Gasteiger partial charge in [-0.15, -0.1) is 0 Å². The lowest BCUT2D eigenvalue weighted by Gasteiger charge is -2.09. The van der Waals surface area contributed by atoms with Crippen LogP contribution in [0.15, 0.2) is 6.07 Å². The fourth-order valence-corrected chi connectivity index (χ4v) is 4.14. The molecule has 0 aliphatic rings. The summed E-state index contributed by atoms with van der Waals surface area (Å²) in [4.78, 5) is 9.75. The summed E-state index contributed by atoms with van der Waals surface area (Å²) in [5, 5.41) is 0. The molecule has 2 heteroatoms. The van der Waals surface area contributed by atoms with Gasteiger partial charge in [-0.3, -0.25) is 0 Å². The van der Waals surface area contributed by atoms with Crippen LogP contribution < -0.4 is 0 Å². The Morgan fingerprint density at radius 3 is 1.33 bits per heavy atom. The van der Waals surface area contributed by atoms with E-state index in [-0.39, 0.29) is 0 Å². The van der Waals surface area contributed by atoms with Crippen LogP contribution in [0, 0.1) is 6.92 Å². The van der Waals surface area contributed by atoms with E-state index in [1.807, 2.05) is 0 Å². The summed E-state index contributed by atoms with van der Waals surface area (Å²) >= 11 is 0. The predicted octanol–water partition coefficient (Wildman–Crippen LogP) is 9.00. The van der Waals surface area contributed by atoms with Crippen molar-refractivity contribution in [2.75, 3.05) is 0 Å². The maximum atomic E-state index is 4.88. The molecular weight excluding hydrogens is 364 g/mol. The number of unbranched alkanes of at least 4 members (excludes halogenated alkanes) is 15. The van der Waals surface area contributed by atoms with Gasteiger partial charge in [0, 0.05) is 17.8 Å². The zero-order valence-electron chi connectivity index (χ0n) is 20.5. The Balaban J connectivity index is 2.34. The average molecular weight is 416 g/mol. The quantitative estimate of drug-likeness (QED) is 0.187. The van der Waals surface area contributed by atoms with Crippen LogP contribution in [0.5, 0.6) is 0 Å². The van der Waals surface area contributed by atoms with Crippen LogP contribution >= 0.6 is 0 Å². The van der Waals surface area contributed by atoms with Gasteiger partial charge in [-0.2, -0.15) is 0 Å². The minimum Gasteiger partial charge on any atom is -0.238 e. The Morgan fingerprint density at radius 1 is 0.533 bits per heavy atom. The van der Waals surface area contributed by atoms with E-state index in [0.717, 1.165) is 37.9 Å². The van der Waals surface area contributed by atoms with Gasteiger partial charge in [0.2, 0.25) is 0 Å². The van der Waals surface area contributed by atoms with Gasteiger partial charge in [0.25, 0.3) is 0 Å². The molecule has 1 heterocycles. The summed E-state index contributed by atoms with van der Waals surface area (Å²) in [5.74, 6) is 1.06. The highest BCUT2D eigenvalue weighted by atomic mass is 14.9. The smallest absolute Gasteiger partial charge is 0.128 e. The molecule has 0 saturated carbocycles. The van der Waals surface area contributed by atoms with E-state index in [2.05, 4.69) is 26.8 Å². The molecule has 1 rings (SSSR count). The minimum atomic E-state index is 0.971. The van der Waals surface area contributed by atoms with Gasteiger partial charge in [-0.1, -0.05) is 117 Å². The van der Waals surface area contributed by atoms with E-state index in [1.165, 1.54) is 114 Å². The molecule has 0 atom stereocenters. The molecule has 1 radical (unpaired) electrons. The lowest BCUT2D eigenvalue weighted by atomic mass is 10.0. The second-order valence-electron chi connectivity index (χ2n) is 9.17. The van der Waals surface area contributed by atoms with Crippen LogP contribution in [0.3, 0.4) is 0 Å². The third-order valence-electron chi connectivity index (χ3n) is 6.10. The largest absolute Gasteiger partial charge is 0.238 e. The predicted molar refractivity (Wildman–Crippen MR) is 133 cm³/mol. The molecule has 0 saturated heterocycles. The molecule has 0 aromatic carbocycles. The summed E-state index contributed by atoms with van der Waals surface area (Å²) in [5.41, 5.74) is 2.56. The number of rotatable bonds is 21. The molecule has 0 amide bonds. The van der Waals surface area contributed by atoms with Crippen molar-refractivity contribution in [3.8, 4) is 0 Å². The van der Waals surface area contributed by atoms with Crippen LogP contribution in [0.1, 0.15) is 147 Å².